The molecular weight excluding hydrogens is 1680 g/mol. The van der Waals surface area contributed by atoms with E-state index in [1.54, 1.807) is 47.9 Å². The van der Waals surface area contributed by atoms with E-state index in [0.717, 1.165) is 122 Å². The Balaban J connectivity index is 0.538. The number of carbonyl (C=O) groups excluding carboxylic acids is 5. The molecule has 12 aromatic rings. The average molecular weight is 1800 g/mol. The maximum Gasteiger partial charge on any atom is 0.343 e. The van der Waals surface area contributed by atoms with Crippen LogP contribution in [0.1, 0.15) is 196 Å². The maximum absolute atomic E-state index is 15.7. The SMILES string of the molecule is CCc1c2c(nc3ccc(OC(=O)c4ccc(CN(CCOCCOCCNC(=O)c5ccc(CN(CCCCOc6cc(CN(Cc7ccccc7)Cc7ccccc7)cc(CN(Cc7ccccc7)Cc7ccccc7)c6)C(=O)C6(c7ccc(Cl)cc7)CCCCC6)cc5)C(=O)C5(c6ccc(Cl)cc6)CCCCC5)cc4)cc13)-c1cc3c(c(=O)n1C2)COC(=O)[C@]3(O)CC. The number of fused-ring (bicyclic) bond motifs is 5. The van der Waals surface area contributed by atoms with E-state index >= 15 is 9.59 Å². The molecule has 19 nitrogen and oxygen atoms in total. The highest BCUT2D eigenvalue weighted by Gasteiger charge is 2.48. The number of aryl methyl sites for hydroxylation is 1. The van der Waals surface area contributed by atoms with E-state index in [1.165, 1.54) is 33.4 Å². The van der Waals surface area contributed by atoms with Crippen molar-refractivity contribution in [3.8, 4) is 22.9 Å². The third-order valence-corrected chi connectivity index (χ3v) is 26.9. The minimum Gasteiger partial charge on any atom is -0.494 e. The third kappa shape index (κ3) is 22.3. The number of pyridine rings is 2. The number of aliphatic hydroxyl groups is 1. The second-order valence-electron chi connectivity index (χ2n) is 35.3. The molecule has 2 fully saturated rings. The number of aromatic nitrogens is 2. The summed E-state index contributed by atoms with van der Waals surface area (Å²) in [4.78, 5) is 99.5. The van der Waals surface area contributed by atoms with Crippen molar-refractivity contribution in [3.05, 3.63) is 370 Å². The summed E-state index contributed by atoms with van der Waals surface area (Å²) >= 11 is 12.9. The number of hydrogen-bond acceptors (Lipinski definition) is 15. The van der Waals surface area contributed by atoms with Crippen LogP contribution in [-0.2, 0) is 117 Å². The summed E-state index contributed by atoms with van der Waals surface area (Å²) in [7, 11) is 0. The molecular formula is C110H115Cl2N7O12. The van der Waals surface area contributed by atoms with Crippen LogP contribution in [-0.4, -0.2) is 117 Å². The molecule has 3 amide bonds. The quantitative estimate of drug-likeness (QED) is 0.0208. The molecule has 4 aliphatic rings. The van der Waals surface area contributed by atoms with Gasteiger partial charge in [-0.15, -0.1) is 0 Å². The van der Waals surface area contributed by atoms with Crippen LogP contribution in [0, 0.1) is 0 Å². The molecule has 2 saturated carbocycles. The van der Waals surface area contributed by atoms with E-state index in [2.05, 4.69) is 155 Å². The van der Waals surface area contributed by atoms with Gasteiger partial charge in [-0.3, -0.25) is 29.0 Å². The molecule has 0 unspecified atom stereocenters. The average Bonchev–Trinajstić information content (AvgIpc) is 1.57. The van der Waals surface area contributed by atoms with Crippen LogP contribution in [0.25, 0.3) is 22.3 Å². The van der Waals surface area contributed by atoms with Crippen LogP contribution in [0.3, 0.4) is 0 Å². The lowest BCUT2D eigenvalue weighted by Crippen LogP contribution is -2.48. The van der Waals surface area contributed by atoms with E-state index in [-0.39, 0.29) is 100 Å². The minimum absolute atomic E-state index is 0.00755. The fourth-order valence-electron chi connectivity index (χ4n) is 19.6. The van der Waals surface area contributed by atoms with Crippen molar-refractivity contribution in [1.29, 1.82) is 0 Å². The van der Waals surface area contributed by atoms with E-state index < -0.39 is 28.4 Å². The van der Waals surface area contributed by atoms with Gasteiger partial charge in [-0.2, -0.15) is 0 Å². The Kier molecular flexibility index (Phi) is 30.6. The normalized spacial score (nSPS) is 15.4. The third-order valence-electron chi connectivity index (χ3n) is 26.4. The van der Waals surface area contributed by atoms with Gasteiger partial charge in [0.05, 0.1) is 78.4 Å². The Labute approximate surface area is 777 Å². The highest BCUT2D eigenvalue weighted by molar-refractivity contribution is 6.31. The minimum atomic E-state index is -1.95. The molecule has 0 saturated heterocycles. The predicted octanol–water partition coefficient (Wildman–Crippen LogP) is 20.4. The number of hydrogen-bond donors (Lipinski definition) is 2. The number of ether oxygens (including phenoxy) is 5. The Morgan fingerprint density at radius 1 is 0.481 bits per heavy atom. The van der Waals surface area contributed by atoms with Gasteiger partial charge >= 0.3 is 11.9 Å². The Morgan fingerprint density at radius 2 is 0.962 bits per heavy atom. The monoisotopic (exact) mass is 1800 g/mol. The van der Waals surface area contributed by atoms with Crippen molar-refractivity contribution in [2.24, 2.45) is 0 Å². The summed E-state index contributed by atoms with van der Waals surface area (Å²) in [5.41, 5.74) is 12.0. The second-order valence-corrected chi connectivity index (χ2v) is 36.2. The molecule has 16 rings (SSSR count). The number of cyclic esters (lactones) is 1. The number of halogens is 2. The largest absolute Gasteiger partial charge is 0.494 e. The number of unbranched alkanes of at least 4 members (excludes halogenated alkanes) is 1. The number of esters is 2. The number of nitrogens with one attached hydrogen (secondary N) is 1. The van der Waals surface area contributed by atoms with Gasteiger partial charge in [-0.25, -0.2) is 14.6 Å². The van der Waals surface area contributed by atoms with Crippen LogP contribution < -0.4 is 20.3 Å². The molecule has 0 bridgehead atoms. The van der Waals surface area contributed by atoms with Crippen LogP contribution >= 0.6 is 23.2 Å². The van der Waals surface area contributed by atoms with Crippen molar-refractivity contribution in [3.63, 3.8) is 0 Å². The zero-order chi connectivity index (χ0) is 90.7. The first kappa shape index (κ1) is 92.4. The van der Waals surface area contributed by atoms with Crippen molar-refractivity contribution in [2.45, 2.75) is 186 Å². The maximum atomic E-state index is 15.7. The molecule has 2 N–H and O–H groups in total. The Morgan fingerprint density at radius 3 is 1.47 bits per heavy atom. The summed E-state index contributed by atoms with van der Waals surface area (Å²) in [5, 5.41) is 16.4. The molecule has 1 atom stereocenters. The number of carbonyl (C=O) groups is 5. The molecule has 2 aromatic heterocycles. The molecule has 21 heteroatoms. The zero-order valence-corrected chi connectivity index (χ0v) is 76.3. The van der Waals surface area contributed by atoms with Gasteiger partial charge < -0.3 is 48.5 Å². The number of amides is 3. The zero-order valence-electron chi connectivity index (χ0n) is 74.8. The van der Waals surface area contributed by atoms with Gasteiger partial charge in [0, 0.05) is 104 Å². The Hall–Kier alpha value is -11.9. The Bertz CT molecular complexity index is 5810. The van der Waals surface area contributed by atoms with Gasteiger partial charge in [0.15, 0.2) is 5.60 Å². The molecule has 676 valence electrons. The van der Waals surface area contributed by atoms with E-state index in [1.807, 2.05) is 102 Å². The molecule has 2 aliphatic heterocycles. The molecule has 0 spiro atoms. The van der Waals surface area contributed by atoms with Crippen molar-refractivity contribution in [1.82, 2.24) is 34.5 Å². The summed E-state index contributed by atoms with van der Waals surface area (Å²) in [6, 6.07) is 86.5. The van der Waals surface area contributed by atoms with Crippen molar-refractivity contribution >= 4 is 63.8 Å². The van der Waals surface area contributed by atoms with Gasteiger partial charge in [0.2, 0.25) is 11.8 Å². The molecule has 4 heterocycles. The number of nitrogens with zero attached hydrogens (tertiary/aromatic N) is 6. The van der Waals surface area contributed by atoms with Crippen LogP contribution in [0.2, 0.25) is 10.0 Å². The first-order chi connectivity index (χ1) is 63.9. The molecule has 2 aliphatic carbocycles. The topological polar surface area (TPSA) is 212 Å². The highest BCUT2D eigenvalue weighted by Crippen LogP contribution is 2.46. The second kappa shape index (κ2) is 43.4. The van der Waals surface area contributed by atoms with E-state index in [0.29, 0.717) is 109 Å². The van der Waals surface area contributed by atoms with Gasteiger partial charge in [0.1, 0.15) is 18.1 Å². The van der Waals surface area contributed by atoms with Gasteiger partial charge in [0.25, 0.3) is 11.5 Å². The lowest BCUT2D eigenvalue weighted by Gasteiger charge is -2.40. The highest BCUT2D eigenvalue weighted by atomic mass is 35.5. The summed E-state index contributed by atoms with van der Waals surface area (Å²) < 4.78 is 32.0. The van der Waals surface area contributed by atoms with Gasteiger partial charge in [-0.1, -0.05) is 251 Å². The molecule has 10 aromatic carbocycles. The smallest absolute Gasteiger partial charge is 0.343 e. The van der Waals surface area contributed by atoms with Crippen molar-refractivity contribution in [2.75, 3.05) is 52.7 Å². The van der Waals surface area contributed by atoms with Gasteiger partial charge in [-0.05, 0) is 197 Å². The first-order valence-electron chi connectivity index (χ1n) is 46.3. The van der Waals surface area contributed by atoms with Crippen molar-refractivity contribution < 1.29 is 52.8 Å². The fraction of sp³-hybridized carbons (Fsp3) is 0.336. The summed E-state index contributed by atoms with van der Waals surface area (Å²) in [6.45, 7) is 11.3. The van der Waals surface area contributed by atoms with E-state index in [4.69, 9.17) is 51.9 Å². The lowest BCUT2D eigenvalue weighted by molar-refractivity contribution is -0.172. The first-order valence-corrected chi connectivity index (χ1v) is 47.1. The fourth-order valence-corrected chi connectivity index (χ4v) is 19.8. The lowest BCUT2D eigenvalue weighted by atomic mass is 9.68. The summed E-state index contributed by atoms with van der Waals surface area (Å²) in [5.74, 6) is -0.383. The number of rotatable bonds is 40. The van der Waals surface area contributed by atoms with Crippen LogP contribution in [0.5, 0.6) is 11.5 Å². The standard InChI is InChI=1S/C110H115Cl2N7O12/c1-3-94-95-66-92(49-50-99(95)114-101-96(94)76-119-100(101)67-98-97(103(119)121)77-130-107(125)110(98,126)4-2)131-104(122)87-39-35-83(36-40-87)75-118(106(124)109(53-21-10-22-54-109)89-43-47-91(112)48-44-89)57-60-128-62-61-127-59-55-113-102(120)86-37-33-82(34-38-86)74-117(105(123)108(51-19-9-20-52-108)88-41-45-90(111)46-42-88)56-23-24-58-129-93-64-84(72-115(68-78-25-11-5-12-26-78)69-79-27-13-6-14-28-79)63-85(65-93)73-116(70-80-29-15-7-16-30-80)71-81-31-17-8-18-32-81/h5-8,11-18,25-50,63-67,126H,3-4,9-10,19-24,51-62,68-77H2,1-2H3,(H,113,120)/t110-/m0/s1. The van der Waals surface area contributed by atoms with Crippen LogP contribution in [0.4, 0.5) is 0 Å². The van der Waals surface area contributed by atoms with E-state index in [9.17, 15) is 24.3 Å². The predicted molar refractivity (Wildman–Crippen MR) is 512 cm³/mol. The number of benzene rings is 10. The van der Waals surface area contributed by atoms with Crippen LogP contribution in [0.15, 0.2) is 266 Å². The molecule has 0 radical (unpaired) electrons. The summed E-state index contributed by atoms with van der Waals surface area (Å²) in [6.07, 6.45) is 10.6. The molecule has 131 heavy (non-hydrogen) atoms.